The third-order valence-electron chi connectivity index (χ3n) is 9.29. The first kappa shape index (κ1) is 21.0. The van der Waals surface area contributed by atoms with Crippen LogP contribution in [0.25, 0.3) is 0 Å². The Bertz CT molecular complexity index is 1070. The fourth-order valence-corrected chi connectivity index (χ4v) is 9.63. The Morgan fingerprint density at radius 3 is 2.78 bits per heavy atom. The van der Waals surface area contributed by atoms with Gasteiger partial charge in [0.15, 0.2) is 10.9 Å². The van der Waals surface area contributed by atoms with Crippen LogP contribution in [0.15, 0.2) is 24.8 Å². The number of carbonyl (C=O) groups excluding carboxylic acids is 1. The number of nitrogens with zero attached hydrogens (tertiary/aromatic N) is 1. The molecular weight excluding hydrogens is 428 g/mol. The molecule has 3 saturated carbocycles. The highest BCUT2D eigenvalue weighted by Crippen LogP contribution is 2.75. The van der Waals surface area contributed by atoms with Gasteiger partial charge in [-0.05, 0) is 36.2 Å². The zero-order valence-corrected chi connectivity index (χ0v) is 19.2. The van der Waals surface area contributed by atoms with Gasteiger partial charge >= 0.3 is 0 Å². The van der Waals surface area contributed by atoms with Gasteiger partial charge in [0.05, 0.1) is 18.4 Å². The quantitative estimate of drug-likeness (QED) is 0.404. The van der Waals surface area contributed by atoms with Crippen LogP contribution < -0.4 is 5.32 Å². The summed E-state index contributed by atoms with van der Waals surface area (Å²) in [5, 5.41) is 39.1. The maximum atomic E-state index is 13.7. The van der Waals surface area contributed by atoms with Gasteiger partial charge in [0.25, 0.3) is 0 Å². The molecule has 32 heavy (non-hydrogen) atoms. The van der Waals surface area contributed by atoms with Crippen molar-refractivity contribution in [2.45, 2.75) is 56.5 Å². The number of anilines is 1. The summed E-state index contributed by atoms with van der Waals surface area (Å²) in [5.74, 6) is -3.68. The van der Waals surface area contributed by atoms with E-state index in [2.05, 4.69) is 32.3 Å². The first-order chi connectivity index (χ1) is 15.1. The van der Waals surface area contributed by atoms with Gasteiger partial charge in [-0.2, -0.15) is 0 Å². The van der Waals surface area contributed by atoms with Crippen molar-refractivity contribution in [2.75, 3.05) is 18.5 Å². The fourth-order valence-electron chi connectivity index (χ4n) is 8.33. The summed E-state index contributed by atoms with van der Waals surface area (Å²) in [6, 6.07) is 0. The van der Waals surface area contributed by atoms with E-state index in [1.54, 1.807) is 17.4 Å². The fraction of sp³-hybridized carbons (Fsp3) is 0.667. The lowest BCUT2D eigenvalue weighted by atomic mass is 9.36. The van der Waals surface area contributed by atoms with Gasteiger partial charge in [-0.15, -0.1) is 17.9 Å². The van der Waals surface area contributed by atoms with Crippen LogP contribution in [0.2, 0.25) is 0 Å². The van der Waals surface area contributed by atoms with Crippen molar-refractivity contribution < 1.29 is 24.9 Å². The minimum Gasteiger partial charge on any atom is -0.391 e. The second kappa shape index (κ2) is 6.10. The SMILES string of the molecule is C=CCNc1nc2c(s1)CC(C)(C)[C@H]1[C@H](O)C3(O)OC[C@@]21[C@@H]1CC[C@H]2C(=C)C(=O)[C@]13[C@@H]2O. The third-order valence-corrected chi connectivity index (χ3v) is 10.3. The number of ether oxygens (including phenoxy) is 1. The molecule has 2 saturated heterocycles. The Labute approximate surface area is 191 Å². The lowest BCUT2D eigenvalue weighted by Crippen LogP contribution is -2.85. The van der Waals surface area contributed by atoms with Gasteiger partial charge in [-0.1, -0.05) is 26.5 Å². The molecule has 4 bridgehead atoms. The average Bonchev–Trinajstić information content (AvgIpc) is 3.18. The van der Waals surface area contributed by atoms with Gasteiger partial charge in [-0.25, -0.2) is 4.98 Å². The van der Waals surface area contributed by atoms with E-state index in [0.717, 1.165) is 15.7 Å². The lowest BCUT2D eigenvalue weighted by molar-refractivity contribution is -0.429. The van der Waals surface area contributed by atoms with Crippen LogP contribution in [0.3, 0.4) is 0 Å². The maximum absolute atomic E-state index is 13.7. The largest absolute Gasteiger partial charge is 0.391 e. The predicted octanol–water partition coefficient (Wildman–Crippen LogP) is 1.78. The highest BCUT2D eigenvalue weighted by Gasteiger charge is 2.86. The molecule has 7 nitrogen and oxygen atoms in total. The molecular formula is C24H30N2O5S. The van der Waals surface area contributed by atoms with E-state index in [-0.39, 0.29) is 23.7 Å². The van der Waals surface area contributed by atoms with Crippen LogP contribution in [0.1, 0.15) is 37.3 Å². The number of hydrogen-bond acceptors (Lipinski definition) is 8. The van der Waals surface area contributed by atoms with Gasteiger partial charge in [-0.3, -0.25) is 4.79 Å². The molecule has 4 N–H and O–H groups in total. The van der Waals surface area contributed by atoms with Crippen LogP contribution in [0.4, 0.5) is 5.13 Å². The minimum absolute atomic E-state index is 0.163. The third kappa shape index (κ3) is 1.96. The van der Waals surface area contributed by atoms with Crippen molar-refractivity contribution in [3.8, 4) is 0 Å². The topological polar surface area (TPSA) is 112 Å². The highest BCUT2D eigenvalue weighted by atomic mass is 32.1. The highest BCUT2D eigenvalue weighted by molar-refractivity contribution is 7.15. The molecule has 7 rings (SSSR count). The van der Waals surface area contributed by atoms with E-state index in [0.29, 0.717) is 31.4 Å². The standard InChI is InChI=1S/C24H30N2O5S/c1-5-8-25-20-26-16-13(32-20)9-21(3,4)15-19(29)24(30)23-14(22(15,16)10-31-24)7-6-12(18(23)28)11(2)17(23)27/h5,12,14-15,18-19,28-30H,1-2,6-10H2,3-4H3,(H,25,26)/t12-,14-,15+,18+,19-,22-,23-,24?/m0/s1. The van der Waals surface area contributed by atoms with Crippen LogP contribution in [-0.4, -0.2) is 57.2 Å². The van der Waals surface area contributed by atoms with Gasteiger partial charge < -0.3 is 25.4 Å². The van der Waals surface area contributed by atoms with E-state index in [1.165, 1.54) is 0 Å². The van der Waals surface area contributed by atoms with E-state index in [4.69, 9.17) is 9.72 Å². The van der Waals surface area contributed by atoms with E-state index in [9.17, 15) is 20.1 Å². The number of nitrogens with one attached hydrogen (secondary N) is 1. The van der Waals surface area contributed by atoms with Crippen molar-refractivity contribution in [1.29, 1.82) is 0 Å². The average molecular weight is 459 g/mol. The molecule has 0 radical (unpaired) electrons. The Morgan fingerprint density at radius 1 is 1.31 bits per heavy atom. The van der Waals surface area contributed by atoms with Crippen molar-refractivity contribution in [2.24, 2.45) is 28.6 Å². The summed E-state index contributed by atoms with van der Waals surface area (Å²) in [7, 11) is 0. The number of aliphatic hydroxyl groups is 3. The second-order valence-electron chi connectivity index (χ2n) is 11.0. The van der Waals surface area contributed by atoms with Crippen LogP contribution >= 0.6 is 11.3 Å². The van der Waals surface area contributed by atoms with Crippen LogP contribution in [0.5, 0.6) is 0 Å². The molecule has 0 amide bonds. The Morgan fingerprint density at radius 2 is 2.06 bits per heavy atom. The number of hydrogen-bond donors (Lipinski definition) is 4. The molecule has 172 valence electrons. The normalized spacial score (nSPS) is 47.6. The summed E-state index contributed by atoms with van der Waals surface area (Å²) in [5.41, 5.74) is -1.58. The zero-order valence-electron chi connectivity index (χ0n) is 18.4. The molecule has 1 aromatic heterocycles. The maximum Gasteiger partial charge on any atom is 0.208 e. The molecule has 5 fully saturated rings. The predicted molar refractivity (Wildman–Crippen MR) is 119 cm³/mol. The minimum atomic E-state index is -2.15. The lowest BCUT2D eigenvalue weighted by Gasteiger charge is -2.73. The number of fused-ring (bicyclic) bond motifs is 3. The first-order valence-corrected chi connectivity index (χ1v) is 12.2. The van der Waals surface area contributed by atoms with E-state index in [1.807, 2.05) is 0 Å². The summed E-state index contributed by atoms with van der Waals surface area (Å²) >= 11 is 1.59. The summed E-state index contributed by atoms with van der Waals surface area (Å²) in [6.07, 6.45) is 1.29. The smallest absolute Gasteiger partial charge is 0.208 e. The zero-order chi connectivity index (χ0) is 22.8. The monoisotopic (exact) mass is 458 g/mol. The molecule has 1 aromatic rings. The van der Waals surface area contributed by atoms with Gasteiger partial charge in [0.2, 0.25) is 5.79 Å². The molecule has 2 aliphatic heterocycles. The van der Waals surface area contributed by atoms with Crippen LogP contribution in [0, 0.1) is 28.6 Å². The summed E-state index contributed by atoms with van der Waals surface area (Å²) in [4.78, 5) is 19.8. The number of Topliss-reactive ketones (excluding diaryl/α,β-unsaturated/α-hetero) is 1. The molecule has 8 heteroatoms. The molecule has 1 unspecified atom stereocenters. The van der Waals surface area contributed by atoms with Gasteiger partial charge in [0, 0.05) is 28.7 Å². The van der Waals surface area contributed by atoms with E-state index >= 15 is 0 Å². The second-order valence-corrected chi connectivity index (χ2v) is 12.1. The van der Waals surface area contributed by atoms with Crippen molar-refractivity contribution in [1.82, 2.24) is 4.98 Å². The number of ketones is 1. The molecule has 2 spiro atoms. The molecule has 3 heterocycles. The first-order valence-electron chi connectivity index (χ1n) is 11.4. The Balaban J connectivity index is 1.64. The number of rotatable bonds is 3. The molecule has 8 atom stereocenters. The molecule has 6 aliphatic rings. The number of carbonyl (C=O) groups is 1. The molecule has 0 aromatic carbocycles. The van der Waals surface area contributed by atoms with Crippen molar-refractivity contribution in [3.63, 3.8) is 0 Å². The Hall–Kier alpha value is -1.58. The van der Waals surface area contributed by atoms with E-state index < -0.39 is 40.7 Å². The van der Waals surface area contributed by atoms with Crippen LogP contribution in [-0.2, 0) is 21.4 Å². The van der Waals surface area contributed by atoms with Crippen molar-refractivity contribution >= 4 is 22.3 Å². The summed E-state index contributed by atoms with van der Waals surface area (Å²) < 4.78 is 6.07. The summed E-state index contributed by atoms with van der Waals surface area (Å²) in [6.45, 7) is 12.7. The number of aromatic nitrogens is 1. The number of aliphatic hydroxyl groups excluding tert-OH is 2. The number of thiazole rings is 1. The van der Waals surface area contributed by atoms with Gasteiger partial charge in [0.1, 0.15) is 11.5 Å². The Kier molecular flexibility index (Phi) is 4.00. The van der Waals surface area contributed by atoms with Crippen molar-refractivity contribution in [3.05, 3.63) is 35.4 Å². The molecule has 4 aliphatic carbocycles.